The fourth-order valence-corrected chi connectivity index (χ4v) is 2.59. The van der Waals surface area contributed by atoms with E-state index in [0.717, 1.165) is 25.1 Å². The summed E-state index contributed by atoms with van der Waals surface area (Å²) < 4.78 is 0. The summed E-state index contributed by atoms with van der Waals surface area (Å²) in [7, 11) is 0. The van der Waals surface area contributed by atoms with Gasteiger partial charge in [-0.2, -0.15) is 0 Å². The van der Waals surface area contributed by atoms with Crippen LogP contribution in [0.15, 0.2) is 30.3 Å². The zero-order chi connectivity index (χ0) is 15.1. The van der Waals surface area contributed by atoms with Crippen molar-refractivity contribution in [2.45, 2.75) is 47.0 Å². The van der Waals surface area contributed by atoms with E-state index in [1.165, 1.54) is 0 Å². The molecular weight excluding hydrogens is 246 g/mol. The van der Waals surface area contributed by atoms with Crippen LogP contribution in [0.3, 0.4) is 0 Å². The maximum Gasteiger partial charge on any atom is 0.230 e. The van der Waals surface area contributed by atoms with Gasteiger partial charge in [0.15, 0.2) is 0 Å². The molecule has 0 spiro atoms. The zero-order valence-corrected chi connectivity index (χ0v) is 13.6. The average molecular weight is 275 g/mol. The van der Waals surface area contributed by atoms with Crippen LogP contribution in [-0.4, -0.2) is 23.9 Å². The van der Waals surface area contributed by atoms with Gasteiger partial charge >= 0.3 is 0 Å². The summed E-state index contributed by atoms with van der Waals surface area (Å²) in [5, 5.41) is 0. The summed E-state index contributed by atoms with van der Waals surface area (Å²) >= 11 is 0. The number of hydrogen-bond donors (Lipinski definition) is 0. The van der Waals surface area contributed by atoms with E-state index in [1.807, 2.05) is 18.2 Å². The van der Waals surface area contributed by atoms with E-state index in [2.05, 4.69) is 51.7 Å². The maximum atomic E-state index is 12.9. The lowest BCUT2D eigenvalue weighted by atomic mass is 9.94. The van der Waals surface area contributed by atoms with Crippen molar-refractivity contribution in [1.29, 1.82) is 0 Å². The van der Waals surface area contributed by atoms with Crippen molar-refractivity contribution >= 4 is 5.91 Å². The van der Waals surface area contributed by atoms with Gasteiger partial charge in [0.25, 0.3) is 0 Å². The van der Waals surface area contributed by atoms with Crippen molar-refractivity contribution < 1.29 is 4.79 Å². The van der Waals surface area contributed by atoms with E-state index in [4.69, 9.17) is 0 Å². The first-order valence-electron chi connectivity index (χ1n) is 7.79. The van der Waals surface area contributed by atoms with Crippen LogP contribution in [0.5, 0.6) is 0 Å². The van der Waals surface area contributed by atoms with E-state index in [0.29, 0.717) is 11.8 Å². The lowest BCUT2D eigenvalue weighted by Gasteiger charge is -2.30. The maximum absolute atomic E-state index is 12.9. The molecule has 0 N–H and O–H groups in total. The van der Waals surface area contributed by atoms with Gasteiger partial charge in [0, 0.05) is 13.1 Å². The van der Waals surface area contributed by atoms with Crippen molar-refractivity contribution in [1.82, 2.24) is 4.90 Å². The highest BCUT2D eigenvalue weighted by Gasteiger charge is 2.25. The van der Waals surface area contributed by atoms with Gasteiger partial charge in [-0.05, 0) is 23.8 Å². The van der Waals surface area contributed by atoms with E-state index in [-0.39, 0.29) is 11.8 Å². The number of carbonyl (C=O) groups excluding carboxylic acids is 1. The van der Waals surface area contributed by atoms with Gasteiger partial charge in [0.05, 0.1) is 5.92 Å². The molecule has 1 atom stereocenters. The average Bonchev–Trinajstić information content (AvgIpc) is 2.39. The molecule has 0 unspecified atom stereocenters. The monoisotopic (exact) mass is 275 g/mol. The van der Waals surface area contributed by atoms with Crippen molar-refractivity contribution in [3.8, 4) is 0 Å². The van der Waals surface area contributed by atoms with Crippen LogP contribution < -0.4 is 0 Å². The summed E-state index contributed by atoms with van der Waals surface area (Å²) in [5.74, 6) is 1.28. The second-order valence-electron chi connectivity index (χ2n) is 6.40. The highest BCUT2D eigenvalue weighted by Crippen LogP contribution is 2.23. The standard InChI is InChI=1S/C18H29NO/c1-6-17(16-10-8-7-9-11-16)18(20)19(12-14(2)3)13-15(4)5/h7-11,14-15,17H,6,12-13H2,1-5H3/t17-/m0/s1. The number of hydrogen-bond acceptors (Lipinski definition) is 1. The first-order valence-corrected chi connectivity index (χ1v) is 7.79. The normalized spacial score (nSPS) is 12.8. The summed E-state index contributed by atoms with van der Waals surface area (Å²) in [6.07, 6.45) is 0.857. The second kappa shape index (κ2) is 8.08. The van der Waals surface area contributed by atoms with Crippen LogP contribution in [0, 0.1) is 11.8 Å². The van der Waals surface area contributed by atoms with Gasteiger partial charge < -0.3 is 4.90 Å². The highest BCUT2D eigenvalue weighted by atomic mass is 16.2. The van der Waals surface area contributed by atoms with Crippen molar-refractivity contribution in [3.05, 3.63) is 35.9 Å². The molecule has 0 aliphatic heterocycles. The van der Waals surface area contributed by atoms with Crippen molar-refractivity contribution in [3.63, 3.8) is 0 Å². The Bertz CT molecular complexity index is 387. The third-order valence-electron chi connectivity index (χ3n) is 3.39. The minimum atomic E-state index is -0.00583. The predicted molar refractivity (Wildman–Crippen MR) is 85.7 cm³/mol. The first-order chi connectivity index (χ1) is 9.45. The van der Waals surface area contributed by atoms with Gasteiger partial charge in [-0.15, -0.1) is 0 Å². The van der Waals surface area contributed by atoms with Gasteiger partial charge in [0.1, 0.15) is 0 Å². The molecule has 1 rings (SSSR count). The summed E-state index contributed by atoms with van der Waals surface area (Å²) in [6, 6.07) is 10.2. The number of rotatable bonds is 7. The fraction of sp³-hybridized carbons (Fsp3) is 0.611. The molecule has 2 nitrogen and oxygen atoms in total. The molecule has 0 aromatic heterocycles. The molecule has 0 fully saturated rings. The number of nitrogens with zero attached hydrogens (tertiary/aromatic N) is 1. The second-order valence-corrected chi connectivity index (χ2v) is 6.40. The lowest BCUT2D eigenvalue weighted by molar-refractivity contribution is -0.134. The molecular formula is C18H29NO. The Morgan fingerprint density at radius 1 is 1.00 bits per heavy atom. The Balaban J connectivity index is 2.90. The van der Waals surface area contributed by atoms with Gasteiger partial charge in [-0.1, -0.05) is 65.0 Å². The van der Waals surface area contributed by atoms with Gasteiger partial charge in [-0.25, -0.2) is 0 Å². The molecule has 20 heavy (non-hydrogen) atoms. The minimum absolute atomic E-state index is 0.00583. The molecule has 0 aliphatic rings. The number of amides is 1. The molecule has 112 valence electrons. The van der Waals surface area contributed by atoms with Crippen molar-refractivity contribution in [2.75, 3.05) is 13.1 Å². The van der Waals surface area contributed by atoms with Crippen LogP contribution in [0.25, 0.3) is 0 Å². The summed E-state index contributed by atoms with van der Waals surface area (Å²) in [4.78, 5) is 14.9. The first kappa shape index (κ1) is 16.7. The summed E-state index contributed by atoms with van der Waals surface area (Å²) in [6.45, 7) is 12.5. The number of carbonyl (C=O) groups is 1. The highest BCUT2D eigenvalue weighted by molar-refractivity contribution is 5.83. The van der Waals surface area contributed by atoms with E-state index < -0.39 is 0 Å². The number of benzene rings is 1. The molecule has 1 aromatic rings. The lowest BCUT2D eigenvalue weighted by Crippen LogP contribution is -2.39. The van der Waals surface area contributed by atoms with E-state index in [1.54, 1.807) is 0 Å². The van der Waals surface area contributed by atoms with Crippen LogP contribution in [0.1, 0.15) is 52.5 Å². The van der Waals surface area contributed by atoms with Crippen molar-refractivity contribution in [2.24, 2.45) is 11.8 Å². The van der Waals surface area contributed by atoms with E-state index >= 15 is 0 Å². The molecule has 0 saturated heterocycles. The van der Waals surface area contributed by atoms with Crippen LogP contribution >= 0.6 is 0 Å². The minimum Gasteiger partial charge on any atom is -0.342 e. The molecule has 1 amide bonds. The van der Waals surface area contributed by atoms with Crippen LogP contribution in [-0.2, 0) is 4.79 Å². The third kappa shape index (κ3) is 4.99. The smallest absolute Gasteiger partial charge is 0.230 e. The fourth-order valence-electron chi connectivity index (χ4n) is 2.59. The van der Waals surface area contributed by atoms with Gasteiger partial charge in [-0.3, -0.25) is 4.79 Å². The third-order valence-corrected chi connectivity index (χ3v) is 3.39. The Hall–Kier alpha value is -1.31. The molecule has 0 aliphatic carbocycles. The quantitative estimate of drug-likeness (QED) is 0.725. The predicted octanol–water partition coefficient (Wildman–Crippen LogP) is 4.32. The molecule has 0 heterocycles. The van der Waals surface area contributed by atoms with Gasteiger partial charge in [0.2, 0.25) is 5.91 Å². The molecule has 0 saturated carbocycles. The SMILES string of the molecule is CC[C@H](C(=O)N(CC(C)C)CC(C)C)c1ccccc1. The zero-order valence-electron chi connectivity index (χ0n) is 13.6. The van der Waals surface area contributed by atoms with Crippen LogP contribution in [0.4, 0.5) is 0 Å². The molecule has 0 bridgehead atoms. The van der Waals surface area contributed by atoms with Crippen LogP contribution in [0.2, 0.25) is 0 Å². The molecule has 2 heteroatoms. The Labute approximate surface area is 124 Å². The Kier molecular flexibility index (Phi) is 6.77. The summed E-state index contributed by atoms with van der Waals surface area (Å²) in [5.41, 5.74) is 1.14. The molecule has 0 radical (unpaired) electrons. The largest absolute Gasteiger partial charge is 0.342 e. The van der Waals surface area contributed by atoms with E-state index in [9.17, 15) is 4.79 Å². The Morgan fingerprint density at radius 3 is 1.90 bits per heavy atom. The molecule has 1 aromatic carbocycles. The topological polar surface area (TPSA) is 20.3 Å². The Morgan fingerprint density at radius 2 is 1.50 bits per heavy atom.